The number of aromatic amines is 1. The first-order chi connectivity index (χ1) is 11.4. The molecule has 1 aromatic heterocycles. The van der Waals surface area contributed by atoms with Crippen molar-refractivity contribution in [2.24, 2.45) is 7.05 Å². The number of aryl methyl sites for hydroxylation is 1. The highest BCUT2D eigenvalue weighted by molar-refractivity contribution is 6.34. The molecule has 1 aliphatic heterocycles. The van der Waals surface area contributed by atoms with Crippen LogP contribution < -0.4 is 20.9 Å². The fourth-order valence-electron chi connectivity index (χ4n) is 2.61. The minimum atomic E-state index is -0.530. The molecule has 1 fully saturated rings. The number of ether oxygens (including phenoxy) is 1. The second-order valence-electron chi connectivity index (χ2n) is 5.59. The average molecular weight is 371 g/mol. The van der Waals surface area contributed by atoms with Gasteiger partial charge < -0.3 is 9.64 Å². The van der Waals surface area contributed by atoms with Crippen LogP contribution in [-0.2, 0) is 7.05 Å². The Hall–Kier alpha value is -1.99. The summed E-state index contributed by atoms with van der Waals surface area (Å²) in [5.41, 5.74) is -1.01. The summed E-state index contributed by atoms with van der Waals surface area (Å²) < 4.78 is 7.04. The average Bonchev–Trinajstić information content (AvgIpc) is 2.55. The molecule has 0 unspecified atom stereocenters. The maximum Gasteiger partial charge on any atom is 0.344 e. The number of nitrogens with one attached hydrogen (secondary N) is 1. The fraction of sp³-hybridized carbons (Fsp3) is 0.400. The van der Waals surface area contributed by atoms with Crippen LogP contribution in [0.2, 0.25) is 10.0 Å². The summed E-state index contributed by atoms with van der Waals surface area (Å²) in [6.45, 7) is 1.19. The van der Waals surface area contributed by atoms with E-state index in [1.54, 1.807) is 18.2 Å². The molecule has 0 aliphatic carbocycles. The highest BCUT2D eigenvalue weighted by atomic mass is 35.5. The van der Waals surface area contributed by atoms with E-state index in [2.05, 4.69) is 10.1 Å². The summed E-state index contributed by atoms with van der Waals surface area (Å²) in [7, 11) is 1.50. The highest BCUT2D eigenvalue weighted by Gasteiger charge is 2.24. The number of H-pyrrole nitrogens is 1. The fourth-order valence-corrected chi connectivity index (χ4v) is 2.93. The molecule has 1 aliphatic rings. The van der Waals surface area contributed by atoms with Crippen molar-refractivity contribution in [1.82, 2.24) is 14.8 Å². The van der Waals surface area contributed by atoms with Gasteiger partial charge in [-0.25, -0.2) is 9.48 Å². The molecule has 1 aromatic carbocycles. The summed E-state index contributed by atoms with van der Waals surface area (Å²) in [5, 5.41) is 5.11. The third kappa shape index (κ3) is 3.57. The first-order valence-corrected chi connectivity index (χ1v) is 8.24. The van der Waals surface area contributed by atoms with Gasteiger partial charge in [0.2, 0.25) is 5.82 Å². The molecule has 9 heteroatoms. The molecule has 7 nitrogen and oxygen atoms in total. The molecular weight excluding hydrogens is 355 g/mol. The number of benzene rings is 1. The van der Waals surface area contributed by atoms with Crippen LogP contribution in [0.4, 0.5) is 5.82 Å². The maximum absolute atomic E-state index is 11.9. The van der Waals surface area contributed by atoms with E-state index in [4.69, 9.17) is 27.9 Å². The topological polar surface area (TPSA) is 80.2 Å². The third-order valence-electron chi connectivity index (χ3n) is 3.89. The highest BCUT2D eigenvalue weighted by Crippen LogP contribution is 2.30. The Morgan fingerprint density at radius 3 is 2.67 bits per heavy atom. The van der Waals surface area contributed by atoms with Gasteiger partial charge in [-0.2, -0.15) is 0 Å². The van der Waals surface area contributed by atoms with Crippen molar-refractivity contribution in [1.29, 1.82) is 0 Å². The number of nitrogens with zero attached hydrogens (tertiary/aromatic N) is 3. The van der Waals surface area contributed by atoms with E-state index >= 15 is 0 Å². The maximum atomic E-state index is 11.9. The Balaban J connectivity index is 1.68. The monoisotopic (exact) mass is 370 g/mol. The van der Waals surface area contributed by atoms with E-state index in [9.17, 15) is 9.59 Å². The largest absolute Gasteiger partial charge is 0.489 e. The van der Waals surface area contributed by atoms with E-state index in [0.29, 0.717) is 41.7 Å². The molecule has 1 saturated heterocycles. The van der Waals surface area contributed by atoms with Crippen LogP contribution in [0.5, 0.6) is 5.75 Å². The van der Waals surface area contributed by atoms with E-state index in [0.717, 1.165) is 4.68 Å². The molecule has 2 aromatic rings. The molecule has 0 saturated carbocycles. The van der Waals surface area contributed by atoms with Gasteiger partial charge in [0.25, 0.3) is 5.56 Å². The van der Waals surface area contributed by atoms with Gasteiger partial charge in [0.15, 0.2) is 0 Å². The first-order valence-electron chi connectivity index (χ1n) is 7.48. The number of piperidine rings is 1. The molecule has 0 radical (unpaired) electrons. The van der Waals surface area contributed by atoms with Gasteiger partial charge in [-0.3, -0.25) is 9.78 Å². The number of hydrogen-bond acceptors (Lipinski definition) is 5. The van der Waals surface area contributed by atoms with Crippen LogP contribution in [0.25, 0.3) is 0 Å². The number of halogens is 2. The molecular formula is C15H16Cl2N4O3. The summed E-state index contributed by atoms with van der Waals surface area (Å²) in [4.78, 5) is 27.4. The van der Waals surface area contributed by atoms with Crippen molar-refractivity contribution < 1.29 is 4.74 Å². The van der Waals surface area contributed by atoms with Crippen molar-refractivity contribution >= 4 is 29.0 Å². The van der Waals surface area contributed by atoms with Crippen LogP contribution in [0.3, 0.4) is 0 Å². The van der Waals surface area contributed by atoms with E-state index in [1.165, 1.54) is 7.05 Å². The van der Waals surface area contributed by atoms with E-state index < -0.39 is 11.2 Å². The lowest BCUT2D eigenvalue weighted by Gasteiger charge is -2.32. The van der Waals surface area contributed by atoms with Crippen molar-refractivity contribution in [3.63, 3.8) is 0 Å². The predicted molar refractivity (Wildman–Crippen MR) is 92.4 cm³/mol. The number of rotatable bonds is 3. The second kappa shape index (κ2) is 6.86. The van der Waals surface area contributed by atoms with Gasteiger partial charge >= 0.3 is 5.69 Å². The van der Waals surface area contributed by atoms with Crippen LogP contribution in [0.15, 0.2) is 27.8 Å². The van der Waals surface area contributed by atoms with Gasteiger partial charge in [0.1, 0.15) is 11.9 Å². The lowest BCUT2D eigenvalue weighted by molar-refractivity contribution is 0.170. The quantitative estimate of drug-likeness (QED) is 0.891. The second-order valence-corrected chi connectivity index (χ2v) is 6.43. The van der Waals surface area contributed by atoms with Gasteiger partial charge in [0, 0.05) is 44.1 Å². The van der Waals surface area contributed by atoms with Gasteiger partial charge in [-0.1, -0.05) is 23.2 Å². The zero-order valence-corrected chi connectivity index (χ0v) is 14.5. The van der Waals surface area contributed by atoms with Crippen LogP contribution >= 0.6 is 23.2 Å². The summed E-state index contributed by atoms with van der Waals surface area (Å²) in [6, 6.07) is 5.09. The Morgan fingerprint density at radius 2 is 1.96 bits per heavy atom. The zero-order valence-electron chi connectivity index (χ0n) is 13.0. The van der Waals surface area contributed by atoms with Crippen molar-refractivity contribution in [3.8, 4) is 5.75 Å². The van der Waals surface area contributed by atoms with Gasteiger partial charge in [0.05, 0.1) is 5.02 Å². The minimum Gasteiger partial charge on any atom is -0.489 e. The molecule has 3 rings (SSSR count). The van der Waals surface area contributed by atoms with Crippen LogP contribution in [-0.4, -0.2) is 34.0 Å². The Morgan fingerprint density at radius 1 is 1.25 bits per heavy atom. The van der Waals surface area contributed by atoms with Crippen LogP contribution in [0, 0.1) is 0 Å². The number of hydrogen-bond donors (Lipinski definition) is 1. The van der Waals surface area contributed by atoms with Crippen LogP contribution in [0.1, 0.15) is 12.8 Å². The molecule has 0 atom stereocenters. The van der Waals surface area contributed by atoms with Crippen molar-refractivity contribution in [2.45, 2.75) is 18.9 Å². The number of anilines is 1. The Kier molecular flexibility index (Phi) is 4.82. The Bertz CT molecular complexity index is 857. The molecule has 0 amide bonds. The molecule has 24 heavy (non-hydrogen) atoms. The smallest absolute Gasteiger partial charge is 0.344 e. The minimum absolute atomic E-state index is 0.0242. The van der Waals surface area contributed by atoms with E-state index in [-0.39, 0.29) is 11.9 Å². The van der Waals surface area contributed by atoms with Crippen molar-refractivity contribution in [2.75, 3.05) is 18.0 Å². The lowest BCUT2D eigenvalue weighted by atomic mass is 10.1. The van der Waals surface area contributed by atoms with Gasteiger partial charge in [-0.15, -0.1) is 5.10 Å². The molecule has 0 spiro atoms. The standard InChI is InChI=1S/C15H16Cl2N4O3/c1-20-15(23)18-14(22)13(19-20)21-6-4-10(5-7-21)24-12-8-9(16)2-3-11(12)17/h2-3,8,10H,4-7H2,1H3,(H,18,22,23). The normalized spacial score (nSPS) is 15.5. The lowest BCUT2D eigenvalue weighted by Crippen LogP contribution is -2.43. The predicted octanol–water partition coefficient (Wildman–Crippen LogP) is 1.82. The molecule has 0 bridgehead atoms. The number of aromatic nitrogens is 3. The SMILES string of the molecule is Cn1nc(N2CCC(Oc3cc(Cl)ccc3Cl)CC2)c(=O)[nH]c1=O. The molecule has 128 valence electrons. The molecule has 2 heterocycles. The van der Waals surface area contributed by atoms with Crippen molar-refractivity contribution in [3.05, 3.63) is 49.1 Å². The zero-order chi connectivity index (χ0) is 17.3. The Labute approximate surface area is 147 Å². The van der Waals surface area contributed by atoms with E-state index in [1.807, 2.05) is 4.90 Å². The summed E-state index contributed by atoms with van der Waals surface area (Å²) in [5.74, 6) is 0.803. The summed E-state index contributed by atoms with van der Waals surface area (Å²) in [6.07, 6.45) is 1.38. The summed E-state index contributed by atoms with van der Waals surface area (Å²) >= 11 is 12.1. The van der Waals surface area contributed by atoms with Gasteiger partial charge in [-0.05, 0) is 12.1 Å². The first kappa shape index (κ1) is 16.9. The molecule has 1 N–H and O–H groups in total. The third-order valence-corrected chi connectivity index (χ3v) is 4.44.